The summed E-state index contributed by atoms with van der Waals surface area (Å²) in [5, 5.41) is 0. The van der Waals surface area contributed by atoms with Crippen LogP contribution in [0.5, 0.6) is 0 Å². The Morgan fingerprint density at radius 3 is 2.10 bits per heavy atom. The van der Waals surface area contributed by atoms with Crippen molar-refractivity contribution in [3.63, 3.8) is 0 Å². The van der Waals surface area contributed by atoms with Crippen molar-refractivity contribution in [1.29, 1.82) is 0 Å². The summed E-state index contributed by atoms with van der Waals surface area (Å²) in [5.41, 5.74) is 0.476. The molecule has 0 spiro atoms. The van der Waals surface area contributed by atoms with Gasteiger partial charge in [-0.3, -0.25) is 0 Å². The first-order valence-electron chi connectivity index (χ1n) is 4.04. The summed E-state index contributed by atoms with van der Waals surface area (Å²) < 4.78 is 0. The number of rotatable bonds is 3. The number of hydrogen-bond acceptors (Lipinski definition) is 0. The molecule has 10 heavy (non-hydrogen) atoms. The van der Waals surface area contributed by atoms with Crippen LogP contribution in [0, 0.1) is 11.3 Å². The first-order valence-corrected chi connectivity index (χ1v) is 4.61. The average Bonchev–Trinajstić information content (AvgIpc) is 1.59. The van der Waals surface area contributed by atoms with Crippen molar-refractivity contribution in [3.8, 4) is 0 Å². The quantitative estimate of drug-likeness (QED) is 0.589. The van der Waals surface area contributed by atoms with Gasteiger partial charge in [-0.15, -0.1) is 0 Å². The molecule has 0 rings (SSSR count). The molecule has 0 amide bonds. The van der Waals surface area contributed by atoms with Crippen molar-refractivity contribution >= 4 is 12.6 Å². The maximum absolute atomic E-state index is 4.92. The fraction of sp³-hybridized carbons (Fsp3) is 1.00. The second-order valence-electron chi connectivity index (χ2n) is 4.36. The van der Waals surface area contributed by atoms with E-state index in [2.05, 4.69) is 27.7 Å². The molecule has 0 heterocycles. The topological polar surface area (TPSA) is 0 Å². The SMILES string of the molecule is CC(CC[S])CC(C)(C)C. The van der Waals surface area contributed by atoms with Gasteiger partial charge in [0.2, 0.25) is 0 Å². The van der Waals surface area contributed by atoms with E-state index in [4.69, 9.17) is 12.6 Å². The van der Waals surface area contributed by atoms with Gasteiger partial charge in [0, 0.05) is 5.75 Å². The van der Waals surface area contributed by atoms with Gasteiger partial charge >= 0.3 is 0 Å². The molecule has 1 radical (unpaired) electrons. The Kier molecular flexibility index (Phi) is 4.42. The van der Waals surface area contributed by atoms with Crippen molar-refractivity contribution in [2.75, 3.05) is 5.75 Å². The first kappa shape index (κ1) is 10.3. The first-order chi connectivity index (χ1) is 4.45. The van der Waals surface area contributed by atoms with Gasteiger partial charge in [0.25, 0.3) is 0 Å². The highest BCUT2D eigenvalue weighted by molar-refractivity contribution is 7.80. The third-order valence-corrected chi connectivity index (χ3v) is 1.81. The van der Waals surface area contributed by atoms with Gasteiger partial charge in [-0.25, -0.2) is 0 Å². The molecule has 61 valence electrons. The molecule has 0 fully saturated rings. The molecular weight excluding hydrogens is 140 g/mol. The van der Waals surface area contributed by atoms with Gasteiger partial charge in [0.15, 0.2) is 0 Å². The molecule has 0 aromatic heterocycles. The molecule has 0 saturated carbocycles. The van der Waals surface area contributed by atoms with Crippen molar-refractivity contribution in [2.45, 2.75) is 40.5 Å². The van der Waals surface area contributed by atoms with Crippen molar-refractivity contribution in [2.24, 2.45) is 11.3 Å². The lowest BCUT2D eigenvalue weighted by Gasteiger charge is -2.22. The lowest BCUT2D eigenvalue weighted by molar-refractivity contribution is 0.303. The monoisotopic (exact) mass is 159 g/mol. The van der Waals surface area contributed by atoms with Gasteiger partial charge in [0.1, 0.15) is 0 Å². The highest BCUT2D eigenvalue weighted by Crippen LogP contribution is 2.25. The van der Waals surface area contributed by atoms with Crippen molar-refractivity contribution < 1.29 is 0 Å². The zero-order chi connectivity index (χ0) is 8.20. The second-order valence-corrected chi connectivity index (χ2v) is 4.77. The van der Waals surface area contributed by atoms with Gasteiger partial charge in [-0.2, -0.15) is 0 Å². The highest BCUT2D eigenvalue weighted by atomic mass is 32.1. The molecule has 1 atom stereocenters. The van der Waals surface area contributed by atoms with Crippen molar-refractivity contribution in [3.05, 3.63) is 0 Å². The van der Waals surface area contributed by atoms with E-state index in [0.717, 1.165) is 11.7 Å². The minimum Gasteiger partial charge on any atom is -0.0941 e. The largest absolute Gasteiger partial charge is 0.0941 e. The molecule has 0 aromatic rings. The minimum absolute atomic E-state index is 0.476. The second kappa shape index (κ2) is 4.27. The summed E-state index contributed by atoms with van der Waals surface area (Å²) in [4.78, 5) is 0. The molecule has 0 saturated heterocycles. The Morgan fingerprint density at radius 1 is 1.30 bits per heavy atom. The maximum Gasteiger partial charge on any atom is 0.00394 e. The van der Waals surface area contributed by atoms with Crippen LogP contribution in [0.2, 0.25) is 0 Å². The molecule has 0 nitrogen and oxygen atoms in total. The Morgan fingerprint density at radius 2 is 1.80 bits per heavy atom. The van der Waals surface area contributed by atoms with Crippen LogP contribution in [0.15, 0.2) is 0 Å². The van der Waals surface area contributed by atoms with E-state index >= 15 is 0 Å². The molecule has 0 N–H and O–H groups in total. The predicted molar refractivity (Wildman–Crippen MR) is 50.3 cm³/mol. The third-order valence-electron chi connectivity index (χ3n) is 1.57. The summed E-state index contributed by atoms with van der Waals surface area (Å²) in [6.07, 6.45) is 2.50. The number of hydrogen-bond donors (Lipinski definition) is 0. The van der Waals surface area contributed by atoms with Crippen LogP contribution in [0.4, 0.5) is 0 Å². The molecule has 0 bridgehead atoms. The van der Waals surface area contributed by atoms with Crippen LogP contribution in [-0.2, 0) is 0 Å². The van der Waals surface area contributed by atoms with E-state index in [1.165, 1.54) is 12.8 Å². The van der Waals surface area contributed by atoms with Crippen LogP contribution in [0.25, 0.3) is 0 Å². The van der Waals surface area contributed by atoms with E-state index in [0.29, 0.717) is 5.41 Å². The average molecular weight is 159 g/mol. The van der Waals surface area contributed by atoms with Gasteiger partial charge in [-0.05, 0) is 24.2 Å². The molecule has 0 aromatic carbocycles. The van der Waals surface area contributed by atoms with Gasteiger partial charge in [-0.1, -0.05) is 40.3 Å². The fourth-order valence-corrected chi connectivity index (χ4v) is 1.75. The normalized spacial score (nSPS) is 15.3. The zero-order valence-corrected chi connectivity index (χ0v) is 8.42. The summed E-state index contributed by atoms with van der Waals surface area (Å²) in [5.74, 6) is 1.72. The Labute approximate surface area is 70.8 Å². The molecule has 1 unspecified atom stereocenters. The van der Waals surface area contributed by atoms with E-state index in [1.807, 2.05) is 0 Å². The van der Waals surface area contributed by atoms with Crippen LogP contribution in [-0.4, -0.2) is 5.75 Å². The maximum atomic E-state index is 4.92. The van der Waals surface area contributed by atoms with E-state index < -0.39 is 0 Å². The lowest BCUT2D eigenvalue weighted by atomic mass is 9.84. The molecule has 0 aliphatic rings. The smallest absolute Gasteiger partial charge is 0.00394 e. The van der Waals surface area contributed by atoms with E-state index in [9.17, 15) is 0 Å². The highest BCUT2D eigenvalue weighted by Gasteiger charge is 2.14. The third kappa shape index (κ3) is 6.47. The van der Waals surface area contributed by atoms with Crippen molar-refractivity contribution in [1.82, 2.24) is 0 Å². The molecule has 0 aliphatic carbocycles. The van der Waals surface area contributed by atoms with Crippen LogP contribution in [0.1, 0.15) is 40.5 Å². The van der Waals surface area contributed by atoms with Gasteiger partial charge < -0.3 is 0 Å². The fourth-order valence-electron chi connectivity index (χ4n) is 1.35. The van der Waals surface area contributed by atoms with Gasteiger partial charge in [0.05, 0.1) is 0 Å². The summed E-state index contributed by atoms with van der Waals surface area (Å²) >= 11 is 4.92. The van der Waals surface area contributed by atoms with E-state index in [-0.39, 0.29) is 0 Å². The summed E-state index contributed by atoms with van der Waals surface area (Å²) in [6, 6.07) is 0. The van der Waals surface area contributed by atoms with Crippen LogP contribution >= 0.6 is 12.6 Å². The summed E-state index contributed by atoms with van der Waals surface area (Å²) in [7, 11) is 0. The molecule has 1 heteroatoms. The Hall–Kier alpha value is 0.350. The van der Waals surface area contributed by atoms with E-state index in [1.54, 1.807) is 0 Å². The standard InChI is InChI=1S/C9H19S/c1-8(5-6-10)7-9(2,3)4/h8H,5-7H2,1-4H3. The Bertz CT molecular complexity index is 81.2. The Balaban J connectivity index is 3.47. The van der Waals surface area contributed by atoms with Crippen LogP contribution < -0.4 is 0 Å². The lowest BCUT2D eigenvalue weighted by Crippen LogP contribution is -2.11. The minimum atomic E-state index is 0.476. The van der Waals surface area contributed by atoms with Crippen LogP contribution in [0.3, 0.4) is 0 Å². The molecular formula is C9H19S. The zero-order valence-electron chi connectivity index (χ0n) is 7.61. The molecule has 0 aliphatic heterocycles. The summed E-state index contributed by atoms with van der Waals surface area (Å²) in [6.45, 7) is 9.14. The predicted octanol–water partition coefficient (Wildman–Crippen LogP) is 3.65.